The van der Waals surface area contributed by atoms with Crippen LogP contribution in [-0.2, 0) is 43.6 Å². The Hall–Kier alpha value is -4.34. The van der Waals surface area contributed by atoms with Crippen molar-refractivity contribution in [3.63, 3.8) is 0 Å². The highest BCUT2D eigenvalue weighted by molar-refractivity contribution is 6.30. The predicted octanol–water partition coefficient (Wildman–Crippen LogP) is 5.65. The van der Waals surface area contributed by atoms with E-state index in [0.717, 1.165) is 18.6 Å². The largest absolute Gasteiger partial charge is 0.472 e. The number of fused-ring (bicyclic) bond motifs is 2. The van der Waals surface area contributed by atoms with E-state index >= 15 is 4.39 Å². The van der Waals surface area contributed by atoms with Gasteiger partial charge in [0.2, 0.25) is 5.88 Å². The Balaban J connectivity index is 1.18. The number of benzene rings is 2. The lowest BCUT2D eigenvalue weighted by Crippen LogP contribution is -2.34. The summed E-state index contributed by atoms with van der Waals surface area (Å²) in [5, 5.41) is 3.72. The number of hydrogen-bond donors (Lipinski definition) is 1. The third kappa shape index (κ3) is 5.85. The molecule has 1 saturated heterocycles. The van der Waals surface area contributed by atoms with Gasteiger partial charge in [0.25, 0.3) is 0 Å². The van der Waals surface area contributed by atoms with Crippen LogP contribution in [0.2, 0.25) is 5.02 Å². The van der Waals surface area contributed by atoms with Gasteiger partial charge in [0.15, 0.2) is 11.6 Å². The van der Waals surface area contributed by atoms with Crippen LogP contribution in [0.5, 0.6) is 5.88 Å². The van der Waals surface area contributed by atoms with Crippen LogP contribution in [0.3, 0.4) is 0 Å². The van der Waals surface area contributed by atoms with Crippen molar-refractivity contribution in [3.8, 4) is 17.3 Å². The smallest absolute Gasteiger partial charge is 0.439 e. The van der Waals surface area contributed by atoms with Crippen molar-refractivity contribution in [1.82, 2.24) is 29.6 Å². The lowest BCUT2D eigenvalue weighted by Gasteiger charge is -2.30. The molecule has 7 rings (SSSR count). The number of pyridine rings is 1. The number of nitrogens with one attached hydrogen (secondary N) is 1. The van der Waals surface area contributed by atoms with Crippen molar-refractivity contribution in [3.05, 3.63) is 91.8 Å². The monoisotopic (exact) mass is 662 g/mol. The van der Waals surface area contributed by atoms with Crippen LogP contribution < -0.4 is 10.5 Å². The van der Waals surface area contributed by atoms with Crippen LogP contribution in [0.25, 0.3) is 22.4 Å². The summed E-state index contributed by atoms with van der Waals surface area (Å²) in [6.45, 7) is 1.34. The summed E-state index contributed by atoms with van der Waals surface area (Å²) in [5.74, 6) is -2.44. The summed E-state index contributed by atoms with van der Waals surface area (Å²) in [4.78, 5) is 24.6. The van der Waals surface area contributed by atoms with E-state index in [1.165, 1.54) is 18.2 Å². The van der Waals surface area contributed by atoms with Gasteiger partial charge in [0.1, 0.15) is 29.3 Å². The molecular formula is C30H24ClF5N6O4. The molecule has 10 nitrogen and oxygen atoms in total. The van der Waals surface area contributed by atoms with Crippen molar-refractivity contribution in [2.75, 3.05) is 13.2 Å². The maximum atomic E-state index is 15.7. The fourth-order valence-corrected chi connectivity index (χ4v) is 5.78. The van der Waals surface area contributed by atoms with Gasteiger partial charge in [-0.1, -0.05) is 22.8 Å². The Bertz CT molecular complexity index is 2000. The van der Waals surface area contributed by atoms with Crippen LogP contribution >= 0.6 is 11.6 Å². The minimum atomic E-state index is -4.75. The van der Waals surface area contributed by atoms with Gasteiger partial charge in [-0.25, -0.2) is 23.5 Å². The highest BCUT2D eigenvalue weighted by atomic mass is 35.5. The number of nitrogens with zero attached hydrogens (tertiary/aromatic N) is 5. The van der Waals surface area contributed by atoms with Crippen LogP contribution in [0.15, 0.2) is 45.7 Å². The normalized spacial score (nSPS) is 16.9. The highest BCUT2D eigenvalue weighted by Gasteiger charge is 2.37. The quantitative estimate of drug-likeness (QED) is 0.212. The zero-order valence-electron chi connectivity index (χ0n) is 23.8. The molecule has 240 valence electrons. The molecular weight excluding hydrogens is 639 g/mol. The molecule has 5 heterocycles. The summed E-state index contributed by atoms with van der Waals surface area (Å²) >= 11 is 5.78. The van der Waals surface area contributed by atoms with E-state index < -0.39 is 41.6 Å². The molecule has 2 aliphatic rings. The predicted molar refractivity (Wildman–Crippen MR) is 153 cm³/mol. The molecule has 0 unspecified atom stereocenters. The molecule has 0 spiro atoms. The second-order valence-electron chi connectivity index (χ2n) is 11.1. The van der Waals surface area contributed by atoms with Crippen molar-refractivity contribution >= 4 is 22.6 Å². The van der Waals surface area contributed by atoms with E-state index in [0.29, 0.717) is 42.3 Å². The van der Waals surface area contributed by atoms with E-state index in [4.69, 9.17) is 21.1 Å². The Labute approximate surface area is 261 Å². The highest BCUT2D eigenvalue weighted by Crippen LogP contribution is 2.38. The molecule has 0 amide bonds. The number of rotatable bonds is 8. The molecule has 1 atom stereocenters. The fraction of sp³-hybridized carbons (Fsp3) is 0.333. The van der Waals surface area contributed by atoms with Crippen LogP contribution in [0.4, 0.5) is 22.0 Å². The minimum Gasteiger partial charge on any atom is -0.472 e. The topological polar surface area (TPSA) is 111 Å². The molecule has 0 saturated carbocycles. The molecule has 16 heteroatoms. The zero-order valence-corrected chi connectivity index (χ0v) is 24.6. The average molecular weight is 663 g/mol. The van der Waals surface area contributed by atoms with Gasteiger partial charge in [-0.15, -0.1) is 0 Å². The molecule has 2 aliphatic heterocycles. The molecule has 1 N–H and O–H groups in total. The molecule has 2 aromatic carbocycles. The Kier molecular flexibility index (Phi) is 7.77. The Morgan fingerprint density at radius 2 is 1.96 bits per heavy atom. The SMILES string of the molecule is O=c1[nH]c(-c2ccc3c(nc(CN4CCc5cc(C(F)(F)F)c(OCc6ccc(Cl)cc6F)nc5C4)n3C[C@@H]3CCO3)c2F)no1. The molecule has 0 radical (unpaired) electrons. The third-order valence-electron chi connectivity index (χ3n) is 8.09. The number of hydrogen-bond acceptors (Lipinski definition) is 8. The Morgan fingerprint density at radius 3 is 2.65 bits per heavy atom. The summed E-state index contributed by atoms with van der Waals surface area (Å²) in [5.41, 5.74) is 0.354. The number of H-pyrrole nitrogens is 1. The lowest BCUT2D eigenvalue weighted by atomic mass is 10.0. The Morgan fingerprint density at radius 1 is 1.13 bits per heavy atom. The number of alkyl halides is 3. The van der Waals surface area contributed by atoms with Gasteiger partial charge in [0, 0.05) is 30.3 Å². The van der Waals surface area contributed by atoms with Gasteiger partial charge in [0.05, 0.1) is 36.0 Å². The van der Waals surface area contributed by atoms with E-state index in [1.807, 2.05) is 9.47 Å². The molecule has 5 aromatic rings. The van der Waals surface area contributed by atoms with Gasteiger partial charge in [-0.3, -0.25) is 14.4 Å². The summed E-state index contributed by atoms with van der Waals surface area (Å²) in [6, 6.07) is 7.98. The van der Waals surface area contributed by atoms with Gasteiger partial charge >= 0.3 is 11.9 Å². The number of imidazole rings is 1. The first-order chi connectivity index (χ1) is 22.0. The van der Waals surface area contributed by atoms with Gasteiger partial charge in [-0.2, -0.15) is 13.2 Å². The first kappa shape index (κ1) is 30.3. The first-order valence-corrected chi connectivity index (χ1v) is 14.7. The van der Waals surface area contributed by atoms with Crippen LogP contribution in [0.1, 0.15) is 34.6 Å². The van der Waals surface area contributed by atoms with E-state index in [2.05, 4.69) is 24.6 Å². The van der Waals surface area contributed by atoms with Crippen LogP contribution in [0, 0.1) is 11.6 Å². The second kappa shape index (κ2) is 11.8. The number of ether oxygens (including phenoxy) is 2. The molecule has 1 fully saturated rings. The maximum Gasteiger partial charge on any atom is 0.439 e. The van der Waals surface area contributed by atoms with Crippen molar-refractivity contribution in [1.29, 1.82) is 0 Å². The van der Waals surface area contributed by atoms with E-state index in [-0.39, 0.29) is 53.1 Å². The molecule has 0 aliphatic carbocycles. The number of aromatic nitrogens is 5. The van der Waals surface area contributed by atoms with Crippen LogP contribution in [-0.4, -0.2) is 48.8 Å². The van der Waals surface area contributed by atoms with Gasteiger partial charge < -0.3 is 14.0 Å². The maximum absolute atomic E-state index is 15.7. The second-order valence-corrected chi connectivity index (χ2v) is 11.5. The number of aromatic amines is 1. The molecule has 0 bridgehead atoms. The summed E-state index contributed by atoms with van der Waals surface area (Å²) in [6.07, 6.45) is -3.74. The van der Waals surface area contributed by atoms with Crippen molar-refractivity contribution in [2.24, 2.45) is 0 Å². The average Bonchev–Trinajstić information content (AvgIpc) is 3.57. The van der Waals surface area contributed by atoms with E-state index in [1.54, 1.807) is 6.07 Å². The summed E-state index contributed by atoms with van der Waals surface area (Å²) < 4.78 is 89.4. The summed E-state index contributed by atoms with van der Waals surface area (Å²) in [7, 11) is 0. The van der Waals surface area contributed by atoms with E-state index in [9.17, 15) is 22.4 Å². The standard InChI is InChI=1S/C30H24ClF5N6O4/c31-17-2-1-16(21(32)10-17)14-45-28-20(30(34,35)36)9-15-5-7-41(12-22(15)37-28)13-24-38-26-23(42(24)11-18-6-8-44-18)4-3-19(25(26)33)27-39-29(43)46-40-27/h1-4,9-10,18H,5-8,11-14H2,(H,39,40,43)/t18-/m0/s1. The lowest BCUT2D eigenvalue weighted by molar-refractivity contribution is -0.139. The zero-order chi connectivity index (χ0) is 32.2. The molecule has 46 heavy (non-hydrogen) atoms. The fourth-order valence-electron chi connectivity index (χ4n) is 5.62. The first-order valence-electron chi connectivity index (χ1n) is 14.3. The number of halogens is 6. The minimum absolute atomic E-state index is 0.0111. The van der Waals surface area contributed by atoms with Crippen molar-refractivity contribution < 1.29 is 35.9 Å². The molecule has 3 aromatic heterocycles. The van der Waals surface area contributed by atoms with Crippen molar-refractivity contribution in [2.45, 2.75) is 51.4 Å². The third-order valence-corrected chi connectivity index (χ3v) is 8.33. The van der Waals surface area contributed by atoms with Gasteiger partial charge in [-0.05, 0) is 48.7 Å².